The van der Waals surface area contributed by atoms with Crippen molar-refractivity contribution < 1.29 is 14.3 Å². The van der Waals surface area contributed by atoms with Crippen molar-refractivity contribution in [1.29, 1.82) is 0 Å². The number of carbonyl (C=O) groups excluding carboxylic acids is 2. The average Bonchev–Trinajstić information content (AvgIpc) is 2.31. The third-order valence-electron chi connectivity index (χ3n) is 2.21. The lowest BCUT2D eigenvalue weighted by Crippen LogP contribution is -2.18. The van der Waals surface area contributed by atoms with E-state index in [-0.39, 0.29) is 11.8 Å². The van der Waals surface area contributed by atoms with Gasteiger partial charge in [-0.1, -0.05) is 13.8 Å². The van der Waals surface area contributed by atoms with Crippen LogP contribution in [0.5, 0.6) is 5.75 Å². The second-order valence-corrected chi connectivity index (χ2v) is 3.82. The van der Waals surface area contributed by atoms with Crippen LogP contribution in [-0.2, 0) is 9.59 Å². The van der Waals surface area contributed by atoms with Gasteiger partial charge in [-0.2, -0.15) is 0 Å². The summed E-state index contributed by atoms with van der Waals surface area (Å²) in [6.45, 7) is 3.62. The van der Waals surface area contributed by atoms with Gasteiger partial charge in [0.2, 0.25) is 12.3 Å². The summed E-state index contributed by atoms with van der Waals surface area (Å²) in [5.41, 5.74) is 1.20. The zero-order chi connectivity index (χ0) is 12.8. The first-order valence-electron chi connectivity index (χ1n) is 5.27. The smallest absolute Gasteiger partial charge is 0.227 e. The Morgan fingerprint density at radius 2 is 2.12 bits per heavy atom. The third kappa shape index (κ3) is 3.48. The van der Waals surface area contributed by atoms with Crippen LogP contribution in [0.15, 0.2) is 18.2 Å². The first kappa shape index (κ1) is 13.0. The molecule has 5 nitrogen and oxygen atoms in total. The summed E-state index contributed by atoms with van der Waals surface area (Å²) < 4.78 is 5.14. The monoisotopic (exact) mass is 236 g/mol. The van der Waals surface area contributed by atoms with Gasteiger partial charge in [0.15, 0.2) is 0 Å². The molecule has 0 aliphatic heterocycles. The van der Waals surface area contributed by atoms with E-state index in [0.29, 0.717) is 23.5 Å². The Morgan fingerprint density at radius 1 is 1.41 bits per heavy atom. The van der Waals surface area contributed by atoms with E-state index < -0.39 is 0 Å². The molecule has 92 valence electrons. The number of ether oxygens (including phenoxy) is 1. The molecule has 0 atom stereocenters. The molecule has 0 bridgehead atoms. The molecule has 17 heavy (non-hydrogen) atoms. The number of hydrogen-bond donors (Lipinski definition) is 2. The molecule has 0 unspecified atom stereocenters. The molecule has 1 aromatic carbocycles. The van der Waals surface area contributed by atoms with Crippen LogP contribution in [0.1, 0.15) is 13.8 Å². The Labute approximate surface area is 100 Å². The van der Waals surface area contributed by atoms with Gasteiger partial charge in [0.05, 0.1) is 12.8 Å². The first-order valence-corrected chi connectivity index (χ1v) is 5.27. The zero-order valence-electron chi connectivity index (χ0n) is 10.1. The Balaban J connectivity index is 2.92. The van der Waals surface area contributed by atoms with Gasteiger partial charge in [0.1, 0.15) is 5.75 Å². The van der Waals surface area contributed by atoms with Crippen molar-refractivity contribution in [1.82, 2.24) is 0 Å². The summed E-state index contributed by atoms with van der Waals surface area (Å²) in [6.07, 6.45) is 0.584. The van der Waals surface area contributed by atoms with Gasteiger partial charge >= 0.3 is 0 Å². The van der Waals surface area contributed by atoms with Crippen LogP contribution in [0.2, 0.25) is 0 Å². The molecule has 2 amide bonds. The highest BCUT2D eigenvalue weighted by atomic mass is 16.5. The van der Waals surface area contributed by atoms with Crippen LogP contribution < -0.4 is 15.4 Å². The lowest BCUT2D eigenvalue weighted by molar-refractivity contribution is -0.118. The Bertz CT molecular complexity index is 416. The van der Waals surface area contributed by atoms with E-state index in [9.17, 15) is 9.59 Å². The van der Waals surface area contributed by atoms with Gasteiger partial charge in [-0.15, -0.1) is 0 Å². The molecule has 0 aliphatic carbocycles. The minimum absolute atomic E-state index is 0.0839. The summed E-state index contributed by atoms with van der Waals surface area (Å²) in [5.74, 6) is 0.317. The predicted molar refractivity (Wildman–Crippen MR) is 66.1 cm³/mol. The Hall–Kier alpha value is -2.04. The van der Waals surface area contributed by atoms with Crippen LogP contribution >= 0.6 is 0 Å². The second kappa shape index (κ2) is 5.89. The van der Waals surface area contributed by atoms with Gasteiger partial charge < -0.3 is 15.4 Å². The number of nitrogens with one attached hydrogen (secondary N) is 2. The van der Waals surface area contributed by atoms with Crippen LogP contribution in [0.3, 0.4) is 0 Å². The fraction of sp³-hybridized carbons (Fsp3) is 0.333. The highest BCUT2D eigenvalue weighted by Gasteiger charge is 2.11. The van der Waals surface area contributed by atoms with Crippen LogP contribution in [0, 0.1) is 5.92 Å². The number of carbonyl (C=O) groups is 2. The molecule has 0 radical (unpaired) electrons. The summed E-state index contributed by atoms with van der Waals surface area (Å²) in [4.78, 5) is 21.9. The predicted octanol–water partition coefficient (Wildman–Crippen LogP) is 1.86. The van der Waals surface area contributed by atoms with Crippen molar-refractivity contribution in [2.45, 2.75) is 13.8 Å². The number of hydrogen-bond acceptors (Lipinski definition) is 3. The normalized spacial score (nSPS) is 9.88. The Kier molecular flexibility index (Phi) is 4.51. The topological polar surface area (TPSA) is 67.4 Å². The molecule has 0 aliphatic rings. The quantitative estimate of drug-likeness (QED) is 0.767. The lowest BCUT2D eigenvalue weighted by Gasteiger charge is -2.12. The molecule has 1 rings (SSSR count). The van der Waals surface area contributed by atoms with Gasteiger partial charge in [0, 0.05) is 17.7 Å². The van der Waals surface area contributed by atoms with Gasteiger partial charge in [-0.3, -0.25) is 9.59 Å². The summed E-state index contributed by atoms with van der Waals surface area (Å²) >= 11 is 0. The van der Waals surface area contributed by atoms with Crippen molar-refractivity contribution >= 4 is 23.7 Å². The minimum Gasteiger partial charge on any atom is -0.494 e. The van der Waals surface area contributed by atoms with Crippen molar-refractivity contribution in [2.75, 3.05) is 17.7 Å². The molecule has 5 heteroatoms. The van der Waals surface area contributed by atoms with E-state index in [1.807, 2.05) is 13.8 Å². The van der Waals surface area contributed by atoms with Crippen molar-refractivity contribution in [3.63, 3.8) is 0 Å². The van der Waals surface area contributed by atoms with Crippen LogP contribution in [0.4, 0.5) is 11.4 Å². The molecular formula is C12H16N2O3. The molecule has 2 N–H and O–H groups in total. The van der Waals surface area contributed by atoms with E-state index in [4.69, 9.17) is 4.74 Å². The number of methoxy groups -OCH3 is 1. The molecular weight excluding hydrogens is 220 g/mol. The number of benzene rings is 1. The molecule has 0 saturated heterocycles. The standard InChI is InChI=1S/C12H16N2O3/c1-8(2)12(16)14-10-5-4-9(13-7-15)6-11(10)17-3/h4-8H,1-3H3,(H,13,15)(H,14,16). The van der Waals surface area contributed by atoms with Crippen LogP contribution in [-0.4, -0.2) is 19.4 Å². The highest BCUT2D eigenvalue weighted by molar-refractivity contribution is 5.94. The van der Waals surface area contributed by atoms with E-state index in [0.717, 1.165) is 0 Å². The minimum atomic E-state index is -0.104. The van der Waals surface area contributed by atoms with Crippen molar-refractivity contribution in [3.8, 4) is 5.75 Å². The van der Waals surface area contributed by atoms with E-state index in [1.165, 1.54) is 7.11 Å². The summed E-state index contributed by atoms with van der Waals surface area (Å²) in [6, 6.07) is 5.02. The maximum Gasteiger partial charge on any atom is 0.227 e. The average molecular weight is 236 g/mol. The van der Waals surface area contributed by atoms with E-state index in [1.54, 1.807) is 18.2 Å². The molecule has 0 aromatic heterocycles. The SMILES string of the molecule is COc1cc(NC=O)ccc1NC(=O)C(C)C. The molecule has 0 heterocycles. The van der Waals surface area contributed by atoms with E-state index >= 15 is 0 Å². The van der Waals surface area contributed by atoms with E-state index in [2.05, 4.69) is 10.6 Å². The van der Waals surface area contributed by atoms with Gasteiger partial charge in [0.25, 0.3) is 0 Å². The maximum atomic E-state index is 11.6. The molecule has 0 fully saturated rings. The maximum absolute atomic E-state index is 11.6. The fourth-order valence-electron chi connectivity index (χ4n) is 1.23. The summed E-state index contributed by atoms with van der Waals surface area (Å²) in [7, 11) is 1.51. The highest BCUT2D eigenvalue weighted by Crippen LogP contribution is 2.28. The summed E-state index contributed by atoms with van der Waals surface area (Å²) in [5, 5.41) is 5.26. The molecule has 0 spiro atoms. The number of anilines is 2. The molecule has 0 saturated carbocycles. The Morgan fingerprint density at radius 3 is 2.65 bits per heavy atom. The number of amides is 2. The third-order valence-corrected chi connectivity index (χ3v) is 2.21. The zero-order valence-corrected chi connectivity index (χ0v) is 10.1. The van der Waals surface area contributed by atoms with Crippen LogP contribution in [0.25, 0.3) is 0 Å². The van der Waals surface area contributed by atoms with Gasteiger partial charge in [-0.25, -0.2) is 0 Å². The number of rotatable bonds is 5. The van der Waals surface area contributed by atoms with Gasteiger partial charge in [-0.05, 0) is 12.1 Å². The fourth-order valence-corrected chi connectivity index (χ4v) is 1.23. The molecule has 1 aromatic rings. The van der Waals surface area contributed by atoms with Crippen molar-refractivity contribution in [2.24, 2.45) is 5.92 Å². The van der Waals surface area contributed by atoms with Crippen molar-refractivity contribution in [3.05, 3.63) is 18.2 Å². The lowest BCUT2D eigenvalue weighted by atomic mass is 10.2. The largest absolute Gasteiger partial charge is 0.494 e. The first-order chi connectivity index (χ1) is 8.08. The second-order valence-electron chi connectivity index (χ2n) is 3.82.